The van der Waals surface area contributed by atoms with Gasteiger partial charge in [-0.15, -0.1) is 0 Å². The second-order valence-electron chi connectivity index (χ2n) is 4.38. The fourth-order valence-corrected chi connectivity index (χ4v) is 1.96. The zero-order chi connectivity index (χ0) is 10.1. The van der Waals surface area contributed by atoms with Crippen molar-refractivity contribution in [3.63, 3.8) is 0 Å². The highest BCUT2D eigenvalue weighted by molar-refractivity contribution is 5.81. The van der Waals surface area contributed by atoms with E-state index < -0.39 is 5.41 Å². The first-order valence-corrected chi connectivity index (χ1v) is 4.56. The van der Waals surface area contributed by atoms with Gasteiger partial charge in [0.15, 0.2) is 0 Å². The molecule has 0 aromatic rings. The van der Waals surface area contributed by atoms with Gasteiger partial charge < -0.3 is 16.2 Å². The maximum atomic E-state index is 11.3. The lowest BCUT2D eigenvalue weighted by Crippen LogP contribution is -2.52. The highest BCUT2D eigenvalue weighted by Gasteiger charge is 2.44. The highest BCUT2D eigenvalue weighted by atomic mass is 16.5. The molecule has 4 heteroatoms. The van der Waals surface area contributed by atoms with E-state index in [1.54, 1.807) is 0 Å². The Labute approximate surface area is 78.6 Å². The molecule has 1 rings (SSSR count). The summed E-state index contributed by atoms with van der Waals surface area (Å²) in [4.78, 5) is 11.3. The van der Waals surface area contributed by atoms with E-state index in [0.717, 1.165) is 0 Å². The SMILES string of the molecule is CC1(C)CC(CN)(C(N)=O)CCO1. The fourth-order valence-electron chi connectivity index (χ4n) is 1.96. The summed E-state index contributed by atoms with van der Waals surface area (Å²) in [5, 5.41) is 0. The van der Waals surface area contributed by atoms with Crippen molar-refractivity contribution in [1.29, 1.82) is 0 Å². The van der Waals surface area contributed by atoms with Crippen molar-refractivity contribution in [2.24, 2.45) is 16.9 Å². The Morgan fingerprint density at radius 2 is 2.15 bits per heavy atom. The van der Waals surface area contributed by atoms with Crippen LogP contribution in [0.3, 0.4) is 0 Å². The van der Waals surface area contributed by atoms with Crippen LogP contribution in [-0.2, 0) is 9.53 Å². The third kappa shape index (κ3) is 2.00. The monoisotopic (exact) mass is 186 g/mol. The smallest absolute Gasteiger partial charge is 0.225 e. The van der Waals surface area contributed by atoms with E-state index in [2.05, 4.69) is 0 Å². The third-order valence-electron chi connectivity index (χ3n) is 2.75. The van der Waals surface area contributed by atoms with Crippen LogP contribution in [0.2, 0.25) is 0 Å². The van der Waals surface area contributed by atoms with Crippen LogP contribution in [0.4, 0.5) is 0 Å². The Bertz CT molecular complexity index is 216. The van der Waals surface area contributed by atoms with Gasteiger partial charge in [-0.3, -0.25) is 4.79 Å². The fraction of sp³-hybridized carbons (Fsp3) is 0.889. The van der Waals surface area contributed by atoms with Crippen molar-refractivity contribution >= 4 is 5.91 Å². The van der Waals surface area contributed by atoms with Crippen LogP contribution < -0.4 is 11.5 Å². The standard InChI is InChI=1S/C9H18N2O2/c1-8(2)5-9(6-10,7(11)12)3-4-13-8/h3-6,10H2,1-2H3,(H2,11,12). The average Bonchev–Trinajstić information content (AvgIpc) is 2.02. The summed E-state index contributed by atoms with van der Waals surface area (Å²) in [5.74, 6) is -0.300. The Balaban J connectivity index is 2.82. The molecular formula is C9H18N2O2. The molecule has 1 heterocycles. The quantitative estimate of drug-likeness (QED) is 0.637. The van der Waals surface area contributed by atoms with Crippen molar-refractivity contribution in [2.75, 3.05) is 13.2 Å². The molecule has 1 atom stereocenters. The van der Waals surface area contributed by atoms with E-state index in [1.807, 2.05) is 13.8 Å². The summed E-state index contributed by atoms with van der Waals surface area (Å²) in [6.07, 6.45) is 1.26. The van der Waals surface area contributed by atoms with E-state index >= 15 is 0 Å². The number of amides is 1. The van der Waals surface area contributed by atoms with Gasteiger partial charge in [0.2, 0.25) is 5.91 Å². The first-order valence-electron chi connectivity index (χ1n) is 4.56. The van der Waals surface area contributed by atoms with E-state index in [0.29, 0.717) is 26.0 Å². The first kappa shape index (κ1) is 10.5. The molecule has 13 heavy (non-hydrogen) atoms. The lowest BCUT2D eigenvalue weighted by molar-refractivity contribution is -0.145. The molecule has 0 spiro atoms. The first-order chi connectivity index (χ1) is 5.92. The minimum Gasteiger partial charge on any atom is -0.376 e. The number of nitrogens with two attached hydrogens (primary N) is 2. The van der Waals surface area contributed by atoms with Crippen molar-refractivity contribution in [1.82, 2.24) is 0 Å². The maximum absolute atomic E-state index is 11.3. The average molecular weight is 186 g/mol. The van der Waals surface area contributed by atoms with Crippen LogP contribution in [0.1, 0.15) is 26.7 Å². The number of primary amides is 1. The molecule has 0 aliphatic carbocycles. The molecule has 0 radical (unpaired) electrons. The molecule has 1 saturated heterocycles. The largest absolute Gasteiger partial charge is 0.376 e. The molecule has 4 N–H and O–H groups in total. The van der Waals surface area contributed by atoms with Crippen molar-refractivity contribution in [2.45, 2.75) is 32.3 Å². The van der Waals surface area contributed by atoms with Crippen molar-refractivity contribution in [3.05, 3.63) is 0 Å². The number of rotatable bonds is 2. The predicted octanol–water partition coefficient (Wildman–Crippen LogP) is 0.00580. The molecule has 1 amide bonds. The highest BCUT2D eigenvalue weighted by Crippen LogP contribution is 2.37. The number of ether oxygens (including phenoxy) is 1. The van der Waals surface area contributed by atoms with Gasteiger partial charge in [-0.1, -0.05) is 0 Å². The zero-order valence-electron chi connectivity index (χ0n) is 8.30. The lowest BCUT2D eigenvalue weighted by Gasteiger charge is -2.42. The normalized spacial score (nSPS) is 32.8. The van der Waals surface area contributed by atoms with Gasteiger partial charge in [-0.25, -0.2) is 0 Å². The molecule has 0 saturated carbocycles. The molecule has 0 aromatic heterocycles. The van der Waals surface area contributed by atoms with Gasteiger partial charge in [-0.05, 0) is 26.7 Å². The molecule has 76 valence electrons. The molecule has 1 fully saturated rings. The maximum Gasteiger partial charge on any atom is 0.225 e. The van der Waals surface area contributed by atoms with E-state index in [1.165, 1.54) is 0 Å². The second kappa shape index (κ2) is 3.27. The molecule has 4 nitrogen and oxygen atoms in total. The number of hydrogen-bond donors (Lipinski definition) is 2. The van der Waals surface area contributed by atoms with Crippen LogP contribution in [0.5, 0.6) is 0 Å². The van der Waals surface area contributed by atoms with Gasteiger partial charge in [-0.2, -0.15) is 0 Å². The van der Waals surface area contributed by atoms with Crippen LogP contribution in [0.25, 0.3) is 0 Å². The molecule has 0 bridgehead atoms. The van der Waals surface area contributed by atoms with Crippen LogP contribution >= 0.6 is 0 Å². The van der Waals surface area contributed by atoms with E-state index in [4.69, 9.17) is 16.2 Å². The van der Waals surface area contributed by atoms with Gasteiger partial charge in [0, 0.05) is 13.2 Å². The second-order valence-corrected chi connectivity index (χ2v) is 4.38. The number of carbonyl (C=O) groups is 1. The zero-order valence-corrected chi connectivity index (χ0v) is 8.30. The van der Waals surface area contributed by atoms with E-state index in [-0.39, 0.29) is 11.5 Å². The molecule has 1 aliphatic rings. The van der Waals surface area contributed by atoms with Gasteiger partial charge in [0.25, 0.3) is 0 Å². The topological polar surface area (TPSA) is 78.3 Å². The lowest BCUT2D eigenvalue weighted by atomic mass is 9.73. The number of carbonyl (C=O) groups excluding carboxylic acids is 1. The van der Waals surface area contributed by atoms with Crippen LogP contribution in [0.15, 0.2) is 0 Å². The van der Waals surface area contributed by atoms with Crippen LogP contribution in [0, 0.1) is 5.41 Å². The van der Waals surface area contributed by atoms with Gasteiger partial charge in [0.1, 0.15) is 0 Å². The summed E-state index contributed by atoms with van der Waals surface area (Å²) in [5.41, 5.74) is 10.1. The van der Waals surface area contributed by atoms with E-state index in [9.17, 15) is 4.79 Å². The van der Waals surface area contributed by atoms with Gasteiger partial charge in [0.05, 0.1) is 11.0 Å². The minimum atomic E-state index is -0.554. The molecule has 1 unspecified atom stereocenters. The Kier molecular flexibility index (Phi) is 2.63. The Morgan fingerprint density at radius 1 is 1.54 bits per heavy atom. The van der Waals surface area contributed by atoms with Gasteiger partial charge >= 0.3 is 0 Å². The van der Waals surface area contributed by atoms with Crippen molar-refractivity contribution < 1.29 is 9.53 Å². The van der Waals surface area contributed by atoms with Crippen molar-refractivity contribution in [3.8, 4) is 0 Å². The minimum absolute atomic E-state index is 0.285. The Hall–Kier alpha value is -0.610. The third-order valence-corrected chi connectivity index (χ3v) is 2.75. The number of hydrogen-bond acceptors (Lipinski definition) is 3. The summed E-state index contributed by atoms with van der Waals surface area (Å²) < 4.78 is 5.51. The summed E-state index contributed by atoms with van der Waals surface area (Å²) >= 11 is 0. The summed E-state index contributed by atoms with van der Waals surface area (Å²) in [6, 6.07) is 0. The molecule has 0 aromatic carbocycles. The predicted molar refractivity (Wildman–Crippen MR) is 49.9 cm³/mol. The summed E-state index contributed by atoms with van der Waals surface area (Å²) in [6.45, 7) is 4.79. The molecule has 1 aliphatic heterocycles. The molecular weight excluding hydrogens is 168 g/mol. The summed E-state index contributed by atoms with van der Waals surface area (Å²) in [7, 11) is 0. The van der Waals surface area contributed by atoms with Crippen LogP contribution in [-0.4, -0.2) is 24.7 Å². The Morgan fingerprint density at radius 3 is 2.46 bits per heavy atom.